The van der Waals surface area contributed by atoms with Crippen LogP contribution in [0.15, 0.2) is 0 Å². The smallest absolute Gasteiger partial charge is 0.239 e. The Labute approximate surface area is 105 Å². The molecule has 1 saturated carbocycles. The Hall–Kier alpha value is -0.570. The quantitative estimate of drug-likeness (QED) is 0.818. The van der Waals surface area contributed by atoms with Crippen molar-refractivity contribution in [1.82, 2.24) is 10.2 Å². The number of carbonyl (C=O) groups excluding carboxylic acids is 1. The molecule has 1 aliphatic heterocycles. The van der Waals surface area contributed by atoms with Gasteiger partial charge in [0.1, 0.15) is 0 Å². The number of amides is 1. The highest BCUT2D eigenvalue weighted by atomic mass is 16.2. The molecule has 0 spiro atoms. The molecule has 1 amide bonds. The zero-order valence-corrected chi connectivity index (χ0v) is 11.1. The van der Waals surface area contributed by atoms with E-state index in [9.17, 15) is 4.79 Å². The summed E-state index contributed by atoms with van der Waals surface area (Å²) in [5.41, 5.74) is 0. The summed E-state index contributed by atoms with van der Waals surface area (Å²) in [4.78, 5) is 14.3. The van der Waals surface area contributed by atoms with Crippen LogP contribution in [0, 0.1) is 0 Å². The van der Waals surface area contributed by atoms with Crippen LogP contribution in [0.4, 0.5) is 0 Å². The second-order valence-corrected chi connectivity index (χ2v) is 5.61. The van der Waals surface area contributed by atoms with Crippen LogP contribution in [-0.4, -0.2) is 36.0 Å². The molecule has 98 valence electrons. The number of likely N-dealkylation sites (tertiary alicyclic amines) is 1. The summed E-state index contributed by atoms with van der Waals surface area (Å²) in [7, 11) is 0. The average Bonchev–Trinajstić information content (AvgIpc) is 2.40. The third-order valence-electron chi connectivity index (χ3n) is 4.13. The highest BCUT2D eigenvalue weighted by molar-refractivity contribution is 5.81. The summed E-state index contributed by atoms with van der Waals surface area (Å²) in [5, 5.41) is 3.52. The molecule has 1 saturated heterocycles. The number of nitrogens with zero attached hydrogens (tertiary/aromatic N) is 1. The molecule has 1 heterocycles. The second-order valence-electron chi connectivity index (χ2n) is 5.61. The van der Waals surface area contributed by atoms with Crippen molar-refractivity contribution in [3.63, 3.8) is 0 Å². The maximum absolute atomic E-state index is 12.2. The van der Waals surface area contributed by atoms with Gasteiger partial charge in [-0.05, 0) is 39.0 Å². The fraction of sp³-hybridized carbons (Fsp3) is 0.929. The lowest BCUT2D eigenvalue weighted by atomic mass is 9.95. The first kappa shape index (κ1) is 12.9. The van der Waals surface area contributed by atoms with E-state index in [1.165, 1.54) is 51.4 Å². The number of nitrogens with one attached hydrogen (secondary N) is 1. The Morgan fingerprint density at radius 3 is 2.29 bits per heavy atom. The van der Waals surface area contributed by atoms with Crippen LogP contribution in [0.3, 0.4) is 0 Å². The minimum absolute atomic E-state index is 0.0104. The predicted molar refractivity (Wildman–Crippen MR) is 69.9 cm³/mol. The summed E-state index contributed by atoms with van der Waals surface area (Å²) < 4.78 is 0. The standard InChI is InChI=1S/C14H26N2O/c1-12(15-13-8-4-2-5-9-13)14(17)16-10-6-3-7-11-16/h12-13,15H,2-11H2,1H3/t12-/m0/s1. The molecule has 3 nitrogen and oxygen atoms in total. The van der Waals surface area contributed by atoms with Crippen LogP contribution >= 0.6 is 0 Å². The van der Waals surface area contributed by atoms with Crippen molar-refractivity contribution in [2.24, 2.45) is 0 Å². The van der Waals surface area contributed by atoms with E-state index in [0.29, 0.717) is 11.9 Å². The molecule has 0 aromatic heterocycles. The van der Waals surface area contributed by atoms with Gasteiger partial charge in [0.25, 0.3) is 0 Å². The molecule has 0 aromatic rings. The molecule has 3 heteroatoms. The molecule has 1 atom stereocenters. The molecular weight excluding hydrogens is 212 g/mol. The molecule has 1 aliphatic carbocycles. The summed E-state index contributed by atoms with van der Waals surface area (Å²) in [6.07, 6.45) is 10.2. The van der Waals surface area contributed by atoms with Crippen molar-refractivity contribution in [2.45, 2.75) is 70.4 Å². The first-order valence-electron chi connectivity index (χ1n) is 7.32. The van der Waals surface area contributed by atoms with E-state index in [1.807, 2.05) is 11.8 Å². The van der Waals surface area contributed by atoms with Gasteiger partial charge in [-0.1, -0.05) is 19.3 Å². The van der Waals surface area contributed by atoms with E-state index in [4.69, 9.17) is 0 Å². The maximum Gasteiger partial charge on any atom is 0.239 e. The largest absolute Gasteiger partial charge is 0.341 e. The van der Waals surface area contributed by atoms with Gasteiger partial charge in [-0.3, -0.25) is 4.79 Å². The monoisotopic (exact) mass is 238 g/mol. The molecule has 0 bridgehead atoms. The maximum atomic E-state index is 12.2. The lowest BCUT2D eigenvalue weighted by Gasteiger charge is -2.32. The van der Waals surface area contributed by atoms with Gasteiger partial charge in [0, 0.05) is 19.1 Å². The van der Waals surface area contributed by atoms with Crippen LogP contribution in [-0.2, 0) is 4.79 Å². The van der Waals surface area contributed by atoms with E-state index in [0.717, 1.165) is 13.1 Å². The minimum Gasteiger partial charge on any atom is -0.341 e. The summed E-state index contributed by atoms with van der Waals surface area (Å²) in [5.74, 6) is 0.315. The van der Waals surface area contributed by atoms with Gasteiger partial charge >= 0.3 is 0 Å². The number of carbonyl (C=O) groups is 1. The molecule has 0 aromatic carbocycles. The highest BCUT2D eigenvalue weighted by Gasteiger charge is 2.24. The van der Waals surface area contributed by atoms with E-state index in [2.05, 4.69) is 5.32 Å². The Kier molecular flexibility index (Phi) is 4.84. The van der Waals surface area contributed by atoms with Crippen molar-refractivity contribution in [3.8, 4) is 0 Å². The van der Waals surface area contributed by atoms with Gasteiger partial charge in [0.2, 0.25) is 5.91 Å². The van der Waals surface area contributed by atoms with Gasteiger partial charge in [-0.25, -0.2) is 0 Å². The van der Waals surface area contributed by atoms with Crippen molar-refractivity contribution in [2.75, 3.05) is 13.1 Å². The van der Waals surface area contributed by atoms with Gasteiger partial charge in [0.15, 0.2) is 0 Å². The van der Waals surface area contributed by atoms with Gasteiger partial charge in [-0.15, -0.1) is 0 Å². The van der Waals surface area contributed by atoms with Crippen molar-refractivity contribution < 1.29 is 4.79 Å². The van der Waals surface area contributed by atoms with Crippen LogP contribution in [0.25, 0.3) is 0 Å². The Morgan fingerprint density at radius 2 is 1.65 bits per heavy atom. The van der Waals surface area contributed by atoms with Crippen LogP contribution in [0.5, 0.6) is 0 Å². The molecule has 2 rings (SSSR count). The lowest BCUT2D eigenvalue weighted by molar-refractivity contribution is -0.134. The molecule has 17 heavy (non-hydrogen) atoms. The minimum atomic E-state index is 0.0104. The molecule has 2 aliphatic rings. The second kappa shape index (κ2) is 6.39. The Bertz CT molecular complexity index is 243. The summed E-state index contributed by atoms with van der Waals surface area (Å²) >= 11 is 0. The molecule has 0 radical (unpaired) electrons. The fourth-order valence-electron chi connectivity index (χ4n) is 3.08. The van der Waals surface area contributed by atoms with E-state index >= 15 is 0 Å². The summed E-state index contributed by atoms with van der Waals surface area (Å²) in [6.45, 7) is 3.97. The number of piperidine rings is 1. The van der Waals surface area contributed by atoms with Gasteiger partial charge in [0.05, 0.1) is 6.04 Å². The zero-order valence-electron chi connectivity index (χ0n) is 11.1. The third kappa shape index (κ3) is 3.70. The van der Waals surface area contributed by atoms with Crippen LogP contribution in [0.1, 0.15) is 58.3 Å². The average molecular weight is 238 g/mol. The SMILES string of the molecule is C[C@H](NC1CCCCC1)C(=O)N1CCCCC1. The zero-order chi connectivity index (χ0) is 12.1. The summed E-state index contributed by atoms with van der Waals surface area (Å²) in [6, 6.07) is 0.587. The first-order chi connectivity index (χ1) is 8.27. The predicted octanol–water partition coefficient (Wildman–Crippen LogP) is 2.31. The molecule has 2 fully saturated rings. The molecule has 0 unspecified atom stereocenters. The first-order valence-corrected chi connectivity index (χ1v) is 7.32. The van der Waals surface area contributed by atoms with Crippen molar-refractivity contribution in [1.29, 1.82) is 0 Å². The van der Waals surface area contributed by atoms with Crippen LogP contribution in [0.2, 0.25) is 0 Å². The number of hydrogen-bond donors (Lipinski definition) is 1. The third-order valence-corrected chi connectivity index (χ3v) is 4.13. The fourth-order valence-corrected chi connectivity index (χ4v) is 3.08. The van der Waals surface area contributed by atoms with E-state index < -0.39 is 0 Å². The number of hydrogen-bond acceptors (Lipinski definition) is 2. The molecular formula is C14H26N2O. The van der Waals surface area contributed by atoms with E-state index in [1.54, 1.807) is 0 Å². The van der Waals surface area contributed by atoms with E-state index in [-0.39, 0.29) is 6.04 Å². The lowest BCUT2D eigenvalue weighted by Crippen LogP contribution is -2.50. The Balaban J connectivity index is 1.77. The van der Waals surface area contributed by atoms with Gasteiger partial charge in [-0.2, -0.15) is 0 Å². The van der Waals surface area contributed by atoms with Crippen molar-refractivity contribution in [3.05, 3.63) is 0 Å². The Morgan fingerprint density at radius 1 is 1.06 bits per heavy atom. The molecule has 1 N–H and O–H groups in total. The van der Waals surface area contributed by atoms with Gasteiger partial charge < -0.3 is 10.2 Å². The van der Waals surface area contributed by atoms with Crippen LogP contribution < -0.4 is 5.32 Å². The topological polar surface area (TPSA) is 32.3 Å². The number of rotatable bonds is 3. The van der Waals surface area contributed by atoms with Crippen molar-refractivity contribution >= 4 is 5.91 Å². The normalized spacial score (nSPS) is 24.6. The highest BCUT2D eigenvalue weighted by Crippen LogP contribution is 2.18.